The van der Waals surface area contributed by atoms with Crippen LogP contribution < -0.4 is 4.57 Å². The molecule has 0 bridgehead atoms. The highest BCUT2D eigenvalue weighted by Crippen LogP contribution is 1.94. The Morgan fingerprint density at radius 1 is 1.75 bits per heavy atom. The summed E-state index contributed by atoms with van der Waals surface area (Å²) in [5, 5.41) is 17.2. The van der Waals surface area contributed by atoms with Gasteiger partial charge >= 0.3 is 5.97 Å². The molecular formula is C7H11N2O3+. The first-order valence-electron chi connectivity index (χ1n) is 3.54. The first-order chi connectivity index (χ1) is 5.63. The van der Waals surface area contributed by atoms with Gasteiger partial charge in [-0.2, -0.15) is 0 Å². The molecule has 1 heterocycles. The molecule has 1 rings (SSSR count). The van der Waals surface area contributed by atoms with Crippen molar-refractivity contribution in [1.82, 2.24) is 4.98 Å². The number of hydrogen-bond acceptors (Lipinski definition) is 2. The molecule has 5 nitrogen and oxygen atoms in total. The third-order valence-electron chi connectivity index (χ3n) is 1.58. The van der Waals surface area contributed by atoms with Crippen LogP contribution in [0.25, 0.3) is 0 Å². The van der Waals surface area contributed by atoms with Gasteiger partial charge in [0, 0.05) is 6.92 Å². The monoisotopic (exact) mass is 171 g/mol. The predicted octanol–water partition coefficient (Wildman–Crippen LogP) is -0.812. The molecule has 0 aliphatic carbocycles. The number of nitrogens with one attached hydrogen (secondary N) is 1. The van der Waals surface area contributed by atoms with E-state index < -0.39 is 5.97 Å². The van der Waals surface area contributed by atoms with E-state index in [1.54, 1.807) is 13.1 Å². The summed E-state index contributed by atoms with van der Waals surface area (Å²) in [6, 6.07) is 0. The quantitative estimate of drug-likeness (QED) is 0.520. The van der Waals surface area contributed by atoms with Gasteiger partial charge in [0.25, 0.3) is 5.82 Å². The number of rotatable bonds is 3. The Balaban J connectivity index is 2.82. The van der Waals surface area contributed by atoms with Crippen LogP contribution in [0.5, 0.6) is 0 Å². The molecule has 12 heavy (non-hydrogen) atoms. The van der Waals surface area contributed by atoms with Crippen molar-refractivity contribution in [3.05, 3.63) is 17.7 Å². The molecule has 0 spiro atoms. The molecule has 0 aliphatic heterocycles. The van der Waals surface area contributed by atoms with Crippen LogP contribution in [0.15, 0.2) is 6.20 Å². The molecule has 0 saturated carbocycles. The van der Waals surface area contributed by atoms with Crippen LogP contribution in [-0.4, -0.2) is 21.2 Å². The molecule has 0 aromatic carbocycles. The summed E-state index contributed by atoms with van der Waals surface area (Å²) in [6.07, 6.45) is 1.54. The third-order valence-corrected chi connectivity index (χ3v) is 1.58. The number of hydrogen-bond donors (Lipinski definition) is 3. The molecule has 1 aromatic heterocycles. The molecule has 1 aromatic rings. The summed E-state index contributed by atoms with van der Waals surface area (Å²) in [5.74, 6) is -0.143. The van der Waals surface area contributed by atoms with Crippen LogP contribution in [0.2, 0.25) is 0 Å². The number of aromatic amines is 1. The lowest BCUT2D eigenvalue weighted by Gasteiger charge is -1.85. The molecule has 0 saturated heterocycles. The Bertz CT molecular complexity index is 293. The van der Waals surface area contributed by atoms with E-state index in [0.29, 0.717) is 5.69 Å². The van der Waals surface area contributed by atoms with Crippen molar-refractivity contribution in [1.29, 1.82) is 0 Å². The number of nitrogens with zero attached hydrogens (tertiary/aromatic N) is 1. The zero-order valence-corrected chi connectivity index (χ0v) is 6.74. The molecule has 0 fully saturated rings. The summed E-state index contributed by atoms with van der Waals surface area (Å²) >= 11 is 0. The fourth-order valence-electron chi connectivity index (χ4n) is 1.02. The van der Waals surface area contributed by atoms with E-state index >= 15 is 0 Å². The SMILES string of the molecule is Cc1[nH]c(CC(=O)O)c[n+]1CO. The summed E-state index contributed by atoms with van der Waals surface area (Å²) in [4.78, 5) is 13.1. The third kappa shape index (κ3) is 1.82. The van der Waals surface area contributed by atoms with Gasteiger partial charge in [-0.05, 0) is 0 Å². The predicted molar refractivity (Wildman–Crippen MR) is 39.3 cm³/mol. The van der Waals surface area contributed by atoms with Crippen molar-refractivity contribution < 1.29 is 19.6 Å². The fourth-order valence-corrected chi connectivity index (χ4v) is 1.02. The van der Waals surface area contributed by atoms with E-state index in [1.807, 2.05) is 0 Å². The largest absolute Gasteiger partial charge is 0.481 e. The Kier molecular flexibility index (Phi) is 2.44. The minimum Gasteiger partial charge on any atom is -0.481 e. The van der Waals surface area contributed by atoms with Gasteiger partial charge in [0.15, 0.2) is 12.4 Å². The number of aliphatic carboxylic acids is 1. The number of carboxylic acid groups (broad SMARTS) is 1. The molecule has 0 aliphatic rings. The lowest BCUT2D eigenvalue weighted by molar-refractivity contribution is -0.734. The zero-order valence-electron chi connectivity index (χ0n) is 6.74. The van der Waals surface area contributed by atoms with Gasteiger partial charge in [-0.25, -0.2) is 9.55 Å². The van der Waals surface area contributed by atoms with E-state index in [0.717, 1.165) is 5.82 Å². The van der Waals surface area contributed by atoms with E-state index in [1.165, 1.54) is 4.57 Å². The van der Waals surface area contributed by atoms with Gasteiger partial charge < -0.3 is 10.2 Å². The van der Waals surface area contributed by atoms with Gasteiger partial charge in [-0.1, -0.05) is 0 Å². The van der Waals surface area contributed by atoms with Gasteiger partial charge in [-0.15, -0.1) is 0 Å². The summed E-state index contributed by atoms with van der Waals surface area (Å²) in [6.45, 7) is 1.63. The zero-order chi connectivity index (χ0) is 9.14. The molecule has 66 valence electrons. The highest BCUT2D eigenvalue weighted by molar-refractivity contribution is 5.69. The van der Waals surface area contributed by atoms with E-state index in [9.17, 15) is 4.79 Å². The van der Waals surface area contributed by atoms with Crippen LogP contribution in [0.1, 0.15) is 11.5 Å². The highest BCUT2D eigenvalue weighted by atomic mass is 16.4. The number of imidazole rings is 1. The maximum absolute atomic E-state index is 10.3. The first-order valence-corrected chi connectivity index (χ1v) is 3.54. The number of aliphatic hydroxyl groups is 1. The first kappa shape index (κ1) is 8.73. The van der Waals surface area contributed by atoms with Gasteiger partial charge in [-0.3, -0.25) is 4.79 Å². The lowest BCUT2D eigenvalue weighted by Crippen LogP contribution is -2.34. The van der Waals surface area contributed by atoms with Gasteiger partial charge in [0.2, 0.25) is 0 Å². The fraction of sp³-hybridized carbons (Fsp3) is 0.429. The lowest BCUT2D eigenvalue weighted by atomic mass is 10.3. The Hall–Kier alpha value is -1.36. The average molecular weight is 171 g/mol. The van der Waals surface area contributed by atoms with Crippen LogP contribution in [0.4, 0.5) is 0 Å². The van der Waals surface area contributed by atoms with E-state index in [-0.39, 0.29) is 13.2 Å². The molecule has 0 unspecified atom stereocenters. The number of aliphatic hydroxyl groups excluding tert-OH is 1. The maximum atomic E-state index is 10.3. The molecule has 0 atom stereocenters. The van der Waals surface area contributed by atoms with Crippen LogP contribution in [0, 0.1) is 6.92 Å². The van der Waals surface area contributed by atoms with Crippen molar-refractivity contribution in [3.63, 3.8) is 0 Å². The van der Waals surface area contributed by atoms with Crippen molar-refractivity contribution in [3.8, 4) is 0 Å². The minimum atomic E-state index is -0.888. The summed E-state index contributed by atoms with van der Waals surface area (Å²) in [5.41, 5.74) is 0.592. The van der Waals surface area contributed by atoms with Crippen LogP contribution in [-0.2, 0) is 17.9 Å². The average Bonchev–Trinajstić information content (AvgIpc) is 2.29. The number of aryl methyl sites for hydroxylation is 1. The molecule has 5 heteroatoms. The Morgan fingerprint density at radius 3 is 2.83 bits per heavy atom. The van der Waals surface area contributed by atoms with Crippen molar-refractivity contribution in [2.75, 3.05) is 0 Å². The van der Waals surface area contributed by atoms with Crippen LogP contribution in [0.3, 0.4) is 0 Å². The summed E-state index contributed by atoms with van der Waals surface area (Å²) < 4.78 is 1.54. The number of carbonyl (C=O) groups is 1. The normalized spacial score (nSPS) is 10.2. The van der Waals surface area contributed by atoms with Crippen molar-refractivity contribution >= 4 is 5.97 Å². The van der Waals surface area contributed by atoms with E-state index in [2.05, 4.69) is 4.98 Å². The summed E-state index contributed by atoms with van der Waals surface area (Å²) in [7, 11) is 0. The second-order valence-corrected chi connectivity index (χ2v) is 2.55. The Morgan fingerprint density at radius 2 is 2.42 bits per heavy atom. The number of carboxylic acids is 1. The molecular weight excluding hydrogens is 160 g/mol. The highest BCUT2D eigenvalue weighted by Gasteiger charge is 2.12. The molecule has 0 radical (unpaired) electrons. The minimum absolute atomic E-state index is 0.0478. The van der Waals surface area contributed by atoms with Gasteiger partial charge in [0.05, 0.1) is 0 Å². The standard InChI is InChI=1S/C7H10N2O3/c1-5-8-6(2-7(11)12)3-9(5)4-10/h3,10H,2,4H2,1H3,(H,11,12)/p+1. The maximum Gasteiger partial charge on any atom is 0.311 e. The van der Waals surface area contributed by atoms with Crippen molar-refractivity contribution in [2.24, 2.45) is 0 Å². The van der Waals surface area contributed by atoms with E-state index in [4.69, 9.17) is 10.2 Å². The number of H-pyrrole nitrogens is 1. The number of aromatic nitrogens is 2. The molecule has 3 N–H and O–H groups in total. The van der Waals surface area contributed by atoms with Crippen molar-refractivity contribution in [2.45, 2.75) is 20.1 Å². The smallest absolute Gasteiger partial charge is 0.311 e. The van der Waals surface area contributed by atoms with Crippen LogP contribution >= 0.6 is 0 Å². The Labute approximate surface area is 69.3 Å². The second kappa shape index (κ2) is 3.36. The van der Waals surface area contributed by atoms with Gasteiger partial charge in [0.1, 0.15) is 12.6 Å². The molecule has 0 amide bonds. The second-order valence-electron chi connectivity index (χ2n) is 2.55. The topological polar surface area (TPSA) is 77.2 Å².